The van der Waals surface area contributed by atoms with E-state index in [1.54, 1.807) is 0 Å². The van der Waals surface area contributed by atoms with Gasteiger partial charge in [-0.1, -0.05) is 0 Å². The molecule has 24 heavy (non-hydrogen) atoms. The van der Waals surface area contributed by atoms with Crippen LogP contribution in [0.1, 0.15) is 13.8 Å². The number of esters is 2. The van der Waals surface area contributed by atoms with Gasteiger partial charge in [0.05, 0.1) is 39.6 Å². The summed E-state index contributed by atoms with van der Waals surface area (Å²) >= 11 is 0. The lowest BCUT2D eigenvalue weighted by atomic mass is 10.5. The normalized spacial score (nSPS) is 9.92. The molecule has 0 heterocycles. The minimum Gasteiger partial charge on any atom is -0.454 e. The number of carbonyl (C=O) groups excluding carboxylic acids is 2. The van der Waals surface area contributed by atoms with Crippen molar-refractivity contribution in [2.24, 2.45) is 0 Å². The average molecular weight is 346 g/mol. The highest BCUT2D eigenvalue weighted by Gasteiger charge is 2.00. The molecule has 0 saturated carbocycles. The third-order valence-electron chi connectivity index (χ3n) is 2.34. The van der Waals surface area contributed by atoms with Crippen molar-refractivity contribution in [3.05, 3.63) is 0 Å². The highest BCUT2D eigenvalue weighted by Crippen LogP contribution is 1.84. The molecule has 0 aromatic heterocycles. The van der Waals surface area contributed by atoms with E-state index in [1.807, 2.05) is 25.7 Å². The summed E-state index contributed by atoms with van der Waals surface area (Å²) in [6.07, 6.45) is 0. The second-order valence-corrected chi connectivity index (χ2v) is 4.14. The highest BCUT2D eigenvalue weighted by atomic mass is 16.6. The molecule has 0 aromatic rings. The molecule has 0 N–H and O–H groups in total. The van der Waals surface area contributed by atoms with Crippen molar-refractivity contribution < 1.29 is 38.0 Å². The lowest BCUT2D eigenvalue weighted by Crippen LogP contribution is -2.13. The van der Waals surface area contributed by atoms with Crippen LogP contribution in [0.4, 0.5) is 0 Å². The summed E-state index contributed by atoms with van der Waals surface area (Å²) in [4.78, 5) is 22.5. The Morgan fingerprint density at radius 2 is 0.917 bits per heavy atom. The van der Waals surface area contributed by atoms with Gasteiger partial charge in [0.25, 0.3) is 0 Å². The molecule has 0 aliphatic heterocycles. The fourth-order valence-electron chi connectivity index (χ4n) is 1.29. The van der Waals surface area contributed by atoms with Crippen molar-refractivity contribution in [1.82, 2.24) is 0 Å². The maximum atomic E-state index is 11.2. The number of hydrogen-bond donors (Lipinski definition) is 0. The van der Waals surface area contributed by atoms with Crippen LogP contribution in [-0.4, -0.2) is 78.0 Å². The summed E-state index contributed by atoms with van der Waals surface area (Å²) in [7, 11) is 0. The van der Waals surface area contributed by atoms with Crippen molar-refractivity contribution in [3.63, 3.8) is 0 Å². The van der Waals surface area contributed by atoms with Crippen LogP contribution in [0.15, 0.2) is 0 Å². The molecule has 0 fully saturated rings. The first-order valence-corrected chi connectivity index (χ1v) is 7.87. The van der Waals surface area contributed by atoms with E-state index in [2.05, 4.69) is 0 Å². The fourth-order valence-corrected chi connectivity index (χ4v) is 1.29. The fraction of sp³-hybridized carbons (Fsp3) is 0.750. The number of rotatable bonds is 14. The minimum atomic E-state index is -0.812. The third kappa shape index (κ3) is 16.7. The number of hydrogen-bond acceptors (Lipinski definition) is 8. The zero-order chi connectivity index (χ0) is 17.9. The molecule has 0 atom stereocenters. The van der Waals surface area contributed by atoms with Crippen LogP contribution in [-0.2, 0) is 38.0 Å². The molecule has 0 amide bonds. The SMILES string of the molecule is CCOCCOCCOC(=O)C#CC(=O)OCCOCCOCC. The molecule has 8 heteroatoms. The largest absolute Gasteiger partial charge is 0.454 e. The Hall–Kier alpha value is -1.66. The Kier molecular flexibility index (Phi) is 16.5. The van der Waals surface area contributed by atoms with Gasteiger partial charge >= 0.3 is 11.9 Å². The van der Waals surface area contributed by atoms with Gasteiger partial charge in [0, 0.05) is 25.1 Å². The maximum absolute atomic E-state index is 11.2. The van der Waals surface area contributed by atoms with Crippen molar-refractivity contribution in [2.45, 2.75) is 13.8 Å². The molecule has 0 aromatic carbocycles. The molecule has 0 saturated heterocycles. The summed E-state index contributed by atoms with van der Waals surface area (Å²) in [5.41, 5.74) is 0. The van der Waals surface area contributed by atoms with Gasteiger partial charge in [-0.25, -0.2) is 9.59 Å². The predicted molar refractivity (Wildman–Crippen MR) is 84.3 cm³/mol. The van der Waals surface area contributed by atoms with E-state index < -0.39 is 11.9 Å². The standard InChI is InChI=1S/C16H26O8/c1-3-19-7-9-21-11-13-23-15(17)5-6-16(18)24-14-12-22-10-8-20-4-2/h3-4,7-14H2,1-2H3. The molecular weight excluding hydrogens is 320 g/mol. The van der Waals surface area contributed by atoms with Crippen LogP contribution in [0, 0.1) is 11.8 Å². The molecule has 0 rings (SSSR count). The predicted octanol–water partition coefficient (Wildman–Crippen LogP) is 0.182. The van der Waals surface area contributed by atoms with E-state index in [0.29, 0.717) is 39.6 Å². The molecule has 0 spiro atoms. The second-order valence-electron chi connectivity index (χ2n) is 4.14. The summed E-state index contributed by atoms with van der Waals surface area (Å²) in [6, 6.07) is 0. The van der Waals surface area contributed by atoms with E-state index in [0.717, 1.165) is 0 Å². The van der Waals surface area contributed by atoms with Crippen molar-refractivity contribution in [1.29, 1.82) is 0 Å². The number of ether oxygens (including phenoxy) is 6. The molecule has 0 radical (unpaired) electrons. The Morgan fingerprint density at radius 3 is 1.29 bits per heavy atom. The first kappa shape index (κ1) is 22.3. The van der Waals surface area contributed by atoms with Crippen LogP contribution in [0.2, 0.25) is 0 Å². The van der Waals surface area contributed by atoms with E-state index >= 15 is 0 Å². The molecule has 0 bridgehead atoms. The Bertz CT molecular complexity index is 351. The average Bonchev–Trinajstić information content (AvgIpc) is 2.58. The van der Waals surface area contributed by atoms with E-state index in [1.165, 1.54) is 0 Å². The molecule has 0 unspecified atom stereocenters. The smallest absolute Gasteiger partial charge is 0.385 e. The van der Waals surface area contributed by atoms with Gasteiger partial charge in [-0.2, -0.15) is 0 Å². The Morgan fingerprint density at radius 1 is 0.583 bits per heavy atom. The molecule has 0 aliphatic rings. The first-order chi connectivity index (χ1) is 11.7. The van der Waals surface area contributed by atoms with Crippen LogP contribution >= 0.6 is 0 Å². The van der Waals surface area contributed by atoms with Crippen LogP contribution < -0.4 is 0 Å². The van der Waals surface area contributed by atoms with Crippen LogP contribution in [0.5, 0.6) is 0 Å². The zero-order valence-corrected chi connectivity index (χ0v) is 14.3. The van der Waals surface area contributed by atoms with Crippen molar-refractivity contribution in [2.75, 3.05) is 66.1 Å². The first-order valence-electron chi connectivity index (χ1n) is 7.87. The van der Waals surface area contributed by atoms with Crippen molar-refractivity contribution >= 4 is 11.9 Å². The summed E-state index contributed by atoms with van der Waals surface area (Å²) in [5.74, 6) is 2.45. The minimum absolute atomic E-state index is 0.0579. The lowest BCUT2D eigenvalue weighted by Gasteiger charge is -2.04. The lowest BCUT2D eigenvalue weighted by molar-refractivity contribution is -0.140. The van der Waals surface area contributed by atoms with Crippen LogP contribution in [0.3, 0.4) is 0 Å². The summed E-state index contributed by atoms with van der Waals surface area (Å²) < 4.78 is 29.9. The van der Waals surface area contributed by atoms with Crippen LogP contribution in [0.25, 0.3) is 0 Å². The van der Waals surface area contributed by atoms with E-state index in [-0.39, 0.29) is 26.4 Å². The monoisotopic (exact) mass is 346 g/mol. The zero-order valence-electron chi connectivity index (χ0n) is 14.3. The number of carbonyl (C=O) groups is 2. The highest BCUT2D eigenvalue weighted by molar-refractivity contribution is 5.98. The Labute approximate surface area is 142 Å². The third-order valence-corrected chi connectivity index (χ3v) is 2.34. The molecule has 0 aliphatic carbocycles. The summed E-state index contributed by atoms with van der Waals surface area (Å²) in [6.45, 7) is 7.47. The second kappa shape index (κ2) is 17.7. The quantitative estimate of drug-likeness (QED) is 0.190. The molecular formula is C16H26O8. The molecule has 8 nitrogen and oxygen atoms in total. The Balaban J connectivity index is 3.53. The topological polar surface area (TPSA) is 89.5 Å². The maximum Gasteiger partial charge on any atom is 0.385 e. The van der Waals surface area contributed by atoms with Gasteiger partial charge in [0.15, 0.2) is 0 Å². The van der Waals surface area contributed by atoms with Gasteiger partial charge in [0.2, 0.25) is 0 Å². The summed E-state index contributed by atoms with van der Waals surface area (Å²) in [5, 5.41) is 0. The van der Waals surface area contributed by atoms with E-state index in [4.69, 9.17) is 28.4 Å². The molecule has 138 valence electrons. The van der Waals surface area contributed by atoms with Gasteiger partial charge < -0.3 is 28.4 Å². The van der Waals surface area contributed by atoms with Crippen molar-refractivity contribution in [3.8, 4) is 11.8 Å². The van der Waals surface area contributed by atoms with Gasteiger partial charge in [0.1, 0.15) is 13.2 Å². The van der Waals surface area contributed by atoms with E-state index in [9.17, 15) is 9.59 Å². The van der Waals surface area contributed by atoms with Gasteiger partial charge in [-0.3, -0.25) is 0 Å². The van der Waals surface area contributed by atoms with Gasteiger partial charge in [-0.05, 0) is 13.8 Å². The van der Waals surface area contributed by atoms with Gasteiger partial charge in [-0.15, -0.1) is 0 Å².